The Kier molecular flexibility index (Phi) is 5.80. The van der Waals surface area contributed by atoms with Gasteiger partial charge in [-0.1, -0.05) is 46.6 Å². The van der Waals surface area contributed by atoms with Gasteiger partial charge < -0.3 is 9.47 Å². The van der Waals surface area contributed by atoms with Gasteiger partial charge in [0.25, 0.3) is 0 Å². The van der Waals surface area contributed by atoms with E-state index in [4.69, 9.17) is 9.47 Å². The van der Waals surface area contributed by atoms with Gasteiger partial charge in [0.05, 0.1) is 5.57 Å². The predicted octanol–water partition coefficient (Wildman–Crippen LogP) is 5.72. The van der Waals surface area contributed by atoms with Gasteiger partial charge in [0, 0.05) is 16.9 Å². The highest BCUT2D eigenvalue weighted by molar-refractivity contribution is 5.91. The summed E-state index contributed by atoms with van der Waals surface area (Å²) >= 11 is 0. The zero-order chi connectivity index (χ0) is 20.7. The van der Waals surface area contributed by atoms with Crippen LogP contribution in [0.25, 0.3) is 0 Å². The van der Waals surface area contributed by atoms with E-state index in [1.165, 1.54) is 12.8 Å². The number of carbonyl (C=O) groups excluding carboxylic acids is 2. The first-order valence-corrected chi connectivity index (χ1v) is 10.9. The van der Waals surface area contributed by atoms with Crippen molar-refractivity contribution in [3.63, 3.8) is 0 Å². The van der Waals surface area contributed by atoms with E-state index in [-0.39, 0.29) is 28.8 Å². The van der Waals surface area contributed by atoms with E-state index >= 15 is 0 Å². The monoisotopic (exact) mass is 388 g/mol. The van der Waals surface area contributed by atoms with Crippen LogP contribution in [0.1, 0.15) is 86.0 Å². The molecule has 3 saturated carbocycles. The minimum Gasteiger partial charge on any atom is -0.458 e. The third-order valence-corrected chi connectivity index (χ3v) is 8.17. The van der Waals surface area contributed by atoms with Crippen LogP contribution in [0.3, 0.4) is 0 Å². The Labute approximate surface area is 169 Å². The second-order valence-corrected chi connectivity index (χ2v) is 10.00. The summed E-state index contributed by atoms with van der Waals surface area (Å²) in [6.07, 6.45) is 8.47. The Balaban J connectivity index is 1.81. The fourth-order valence-electron chi connectivity index (χ4n) is 5.64. The van der Waals surface area contributed by atoms with E-state index in [9.17, 15) is 9.59 Å². The molecule has 0 N–H and O–H groups in total. The lowest BCUT2D eigenvalue weighted by atomic mass is 9.70. The van der Waals surface area contributed by atoms with Crippen LogP contribution in [-0.4, -0.2) is 18.0 Å². The quantitative estimate of drug-likeness (QED) is 0.343. The molecule has 4 nitrogen and oxygen atoms in total. The molecule has 3 aliphatic rings. The Morgan fingerprint density at radius 2 is 1.61 bits per heavy atom. The zero-order valence-corrected chi connectivity index (χ0v) is 18.2. The van der Waals surface area contributed by atoms with Crippen LogP contribution in [-0.2, 0) is 19.1 Å². The van der Waals surface area contributed by atoms with Gasteiger partial charge in [-0.25, -0.2) is 9.59 Å². The summed E-state index contributed by atoms with van der Waals surface area (Å²) in [5.74, 6) is 0.436. The number of fused-ring (bicyclic) bond motifs is 2. The zero-order valence-electron chi connectivity index (χ0n) is 18.2. The first-order chi connectivity index (χ1) is 13.1. The molecule has 0 aromatic rings. The molecule has 0 heterocycles. The van der Waals surface area contributed by atoms with Crippen LogP contribution in [0, 0.1) is 22.7 Å². The van der Waals surface area contributed by atoms with Gasteiger partial charge in [0.2, 0.25) is 0 Å². The standard InChI is InChI=1S/C24H36O4/c1-15(2)21(25)28-20(17-10-8-7-9-11-17)16(3)22(26)27-19-14-18-12-13-24(19,6)23(18,4)5/h17-19H,1,7-14H2,2-6H3/t18-,19?,24-/m1/s1. The Morgan fingerprint density at radius 1 is 0.964 bits per heavy atom. The molecule has 0 radical (unpaired) electrons. The van der Waals surface area contributed by atoms with Crippen LogP contribution < -0.4 is 0 Å². The molecule has 0 aromatic carbocycles. The fourth-order valence-corrected chi connectivity index (χ4v) is 5.64. The Bertz CT molecular complexity index is 695. The van der Waals surface area contributed by atoms with Gasteiger partial charge in [-0.2, -0.15) is 0 Å². The number of esters is 2. The molecule has 3 rings (SSSR count). The molecule has 28 heavy (non-hydrogen) atoms. The van der Waals surface area contributed by atoms with Gasteiger partial charge >= 0.3 is 11.9 Å². The summed E-state index contributed by atoms with van der Waals surface area (Å²) in [6, 6.07) is 0. The van der Waals surface area contributed by atoms with Crippen molar-refractivity contribution in [1.29, 1.82) is 0 Å². The predicted molar refractivity (Wildman–Crippen MR) is 109 cm³/mol. The lowest BCUT2D eigenvalue weighted by molar-refractivity contribution is -0.152. The maximum Gasteiger partial charge on any atom is 0.338 e. The fraction of sp³-hybridized carbons (Fsp3) is 0.750. The third-order valence-electron chi connectivity index (χ3n) is 8.17. The number of carbonyl (C=O) groups is 2. The second-order valence-electron chi connectivity index (χ2n) is 10.00. The molecule has 156 valence electrons. The van der Waals surface area contributed by atoms with Gasteiger partial charge in [-0.15, -0.1) is 0 Å². The summed E-state index contributed by atoms with van der Waals surface area (Å²) in [7, 11) is 0. The average molecular weight is 389 g/mol. The van der Waals surface area contributed by atoms with Gasteiger partial charge in [0.1, 0.15) is 11.9 Å². The molecule has 3 aliphatic carbocycles. The normalized spacial score (nSPS) is 32.6. The van der Waals surface area contributed by atoms with Crippen LogP contribution in [0.2, 0.25) is 0 Å². The van der Waals surface area contributed by atoms with Crippen molar-refractivity contribution < 1.29 is 19.1 Å². The van der Waals surface area contributed by atoms with Crippen molar-refractivity contribution in [2.24, 2.45) is 22.7 Å². The molecule has 3 atom stereocenters. The average Bonchev–Trinajstić information content (AvgIpc) is 2.99. The molecular formula is C24H36O4. The van der Waals surface area contributed by atoms with E-state index in [1.807, 2.05) is 0 Å². The molecule has 2 bridgehead atoms. The van der Waals surface area contributed by atoms with Crippen molar-refractivity contribution >= 4 is 11.9 Å². The van der Waals surface area contributed by atoms with E-state index < -0.39 is 5.97 Å². The first-order valence-electron chi connectivity index (χ1n) is 10.9. The second kappa shape index (κ2) is 7.68. The third kappa shape index (κ3) is 3.55. The molecule has 0 amide bonds. The van der Waals surface area contributed by atoms with Crippen LogP contribution >= 0.6 is 0 Å². The van der Waals surface area contributed by atoms with Crippen LogP contribution in [0.5, 0.6) is 0 Å². The van der Waals surface area contributed by atoms with Crippen LogP contribution in [0.15, 0.2) is 23.5 Å². The maximum atomic E-state index is 13.1. The lowest BCUT2D eigenvalue weighted by Crippen LogP contribution is -2.38. The summed E-state index contributed by atoms with van der Waals surface area (Å²) < 4.78 is 11.7. The largest absolute Gasteiger partial charge is 0.458 e. The molecule has 0 saturated heterocycles. The minimum atomic E-state index is -0.458. The van der Waals surface area contributed by atoms with E-state index in [2.05, 4.69) is 27.4 Å². The van der Waals surface area contributed by atoms with Crippen molar-refractivity contribution in [1.82, 2.24) is 0 Å². The number of hydrogen-bond donors (Lipinski definition) is 0. The highest BCUT2D eigenvalue weighted by Gasteiger charge is 2.62. The van der Waals surface area contributed by atoms with Crippen molar-refractivity contribution in [3.05, 3.63) is 23.5 Å². The summed E-state index contributed by atoms with van der Waals surface area (Å²) in [5, 5.41) is 0. The summed E-state index contributed by atoms with van der Waals surface area (Å²) in [4.78, 5) is 25.3. The molecular weight excluding hydrogens is 352 g/mol. The smallest absolute Gasteiger partial charge is 0.338 e. The van der Waals surface area contributed by atoms with Gasteiger partial charge in [-0.05, 0) is 57.3 Å². The van der Waals surface area contributed by atoms with Crippen molar-refractivity contribution in [3.8, 4) is 0 Å². The number of rotatable bonds is 5. The topological polar surface area (TPSA) is 52.6 Å². The number of ether oxygens (including phenoxy) is 2. The van der Waals surface area contributed by atoms with E-state index in [1.54, 1.807) is 13.8 Å². The van der Waals surface area contributed by atoms with E-state index in [0.717, 1.165) is 38.5 Å². The first kappa shape index (κ1) is 21.1. The van der Waals surface area contributed by atoms with Gasteiger partial charge in [-0.3, -0.25) is 0 Å². The molecule has 0 aromatic heterocycles. The maximum absolute atomic E-state index is 13.1. The minimum absolute atomic E-state index is 0.0208. The van der Waals surface area contributed by atoms with Gasteiger partial charge in [0.15, 0.2) is 0 Å². The molecule has 3 fully saturated rings. The summed E-state index contributed by atoms with van der Waals surface area (Å²) in [6.45, 7) is 13.9. The Morgan fingerprint density at radius 3 is 2.11 bits per heavy atom. The molecule has 0 aliphatic heterocycles. The summed E-state index contributed by atoms with van der Waals surface area (Å²) in [5.41, 5.74) is 1.00. The van der Waals surface area contributed by atoms with E-state index in [0.29, 0.717) is 22.8 Å². The SMILES string of the molecule is C=C(C)C(=O)OC(=C(C)C(=O)OC1C[C@H]2CC[C@@]1(C)C2(C)C)C1CCCCC1. The highest BCUT2D eigenvalue weighted by Crippen LogP contribution is 2.66. The molecule has 4 heteroatoms. The lowest BCUT2D eigenvalue weighted by Gasteiger charge is -2.38. The molecule has 0 spiro atoms. The van der Waals surface area contributed by atoms with Crippen molar-refractivity contribution in [2.75, 3.05) is 0 Å². The van der Waals surface area contributed by atoms with Crippen molar-refractivity contribution in [2.45, 2.75) is 92.1 Å². The van der Waals surface area contributed by atoms with Crippen LogP contribution in [0.4, 0.5) is 0 Å². The number of hydrogen-bond acceptors (Lipinski definition) is 4. The molecule has 1 unspecified atom stereocenters. The Hall–Kier alpha value is -1.58. The highest BCUT2D eigenvalue weighted by atomic mass is 16.6. The number of allylic oxidation sites excluding steroid dienone is 1.